The van der Waals surface area contributed by atoms with Crippen molar-refractivity contribution in [1.29, 1.82) is 0 Å². The minimum Gasteiger partial charge on any atom is -0.379 e. The van der Waals surface area contributed by atoms with Gasteiger partial charge in [0.1, 0.15) is 0 Å². The minimum absolute atomic E-state index is 0.170. The Balaban J connectivity index is 2.22. The Hall–Kier alpha value is -0.420. The van der Waals surface area contributed by atoms with Gasteiger partial charge >= 0.3 is 0 Å². The normalized spacial score (nSPS) is 20.6. The third-order valence-electron chi connectivity index (χ3n) is 3.68. The van der Waals surface area contributed by atoms with Gasteiger partial charge in [-0.25, -0.2) is 0 Å². The van der Waals surface area contributed by atoms with E-state index in [1.165, 1.54) is 11.3 Å². The van der Waals surface area contributed by atoms with Crippen LogP contribution in [0, 0.1) is 0 Å². The highest BCUT2D eigenvalue weighted by Gasteiger charge is 2.39. The molecule has 0 aliphatic carbocycles. The monoisotopic (exact) mass is 287 g/mol. The van der Waals surface area contributed by atoms with Crippen LogP contribution in [-0.2, 0) is 4.74 Å². The molecular formula is C13H18ClNO2S. The third-order valence-corrected chi connectivity index (χ3v) is 4.91. The number of nitrogens with zero attached hydrogens (tertiary/aromatic N) is 1. The average Bonchev–Trinajstić information content (AvgIpc) is 2.84. The van der Waals surface area contributed by atoms with Crippen LogP contribution in [0.1, 0.15) is 29.9 Å². The fraction of sp³-hybridized carbons (Fsp3) is 0.615. The molecule has 0 saturated carbocycles. The first kappa shape index (κ1) is 14.0. The lowest BCUT2D eigenvalue weighted by atomic mass is 9.89. The number of hydrogen-bond acceptors (Lipinski definition) is 4. The number of morpholine rings is 1. The molecule has 2 rings (SSSR count). The molecule has 18 heavy (non-hydrogen) atoms. The number of halogens is 1. The van der Waals surface area contributed by atoms with Crippen LogP contribution in [0.4, 0.5) is 0 Å². The van der Waals surface area contributed by atoms with E-state index in [9.17, 15) is 4.79 Å². The fourth-order valence-corrected chi connectivity index (χ4v) is 3.39. The van der Waals surface area contributed by atoms with Crippen LogP contribution >= 0.6 is 22.9 Å². The molecule has 1 aromatic rings. The van der Waals surface area contributed by atoms with Gasteiger partial charge < -0.3 is 4.74 Å². The van der Waals surface area contributed by atoms with Gasteiger partial charge in [0.2, 0.25) is 0 Å². The van der Waals surface area contributed by atoms with Gasteiger partial charge in [-0.05, 0) is 25.5 Å². The van der Waals surface area contributed by atoms with E-state index in [1.807, 2.05) is 13.0 Å². The Kier molecular flexibility index (Phi) is 4.43. The maximum Gasteiger partial charge on any atom is 0.192 e. The fourth-order valence-electron chi connectivity index (χ4n) is 2.29. The topological polar surface area (TPSA) is 29.5 Å². The highest BCUT2D eigenvalue weighted by atomic mass is 35.5. The summed E-state index contributed by atoms with van der Waals surface area (Å²) in [7, 11) is 0. The van der Waals surface area contributed by atoms with Crippen molar-refractivity contribution in [2.24, 2.45) is 0 Å². The predicted octanol–water partition coefficient (Wildman–Crippen LogP) is 3.09. The van der Waals surface area contributed by atoms with Crippen molar-refractivity contribution in [3.05, 3.63) is 21.3 Å². The maximum atomic E-state index is 12.7. The number of carbonyl (C=O) groups is 1. The summed E-state index contributed by atoms with van der Waals surface area (Å²) in [6, 6.07) is 3.61. The lowest BCUT2D eigenvalue weighted by Gasteiger charge is -2.41. The molecule has 1 fully saturated rings. The van der Waals surface area contributed by atoms with Gasteiger partial charge in [-0.15, -0.1) is 11.3 Å². The Morgan fingerprint density at radius 2 is 2.17 bits per heavy atom. The van der Waals surface area contributed by atoms with Crippen LogP contribution in [0.2, 0.25) is 4.34 Å². The van der Waals surface area contributed by atoms with E-state index in [1.54, 1.807) is 6.07 Å². The second-order valence-electron chi connectivity index (χ2n) is 4.66. The number of carbonyl (C=O) groups excluding carboxylic acids is 1. The molecule has 0 aromatic carbocycles. The highest BCUT2D eigenvalue weighted by Crippen LogP contribution is 2.30. The quantitative estimate of drug-likeness (QED) is 0.797. The van der Waals surface area contributed by atoms with Crippen molar-refractivity contribution in [3.8, 4) is 0 Å². The minimum atomic E-state index is -0.446. The van der Waals surface area contributed by atoms with Crippen molar-refractivity contribution in [3.63, 3.8) is 0 Å². The van der Waals surface area contributed by atoms with Crippen LogP contribution in [0.3, 0.4) is 0 Å². The zero-order chi connectivity index (χ0) is 13.2. The van der Waals surface area contributed by atoms with Gasteiger partial charge in [0.25, 0.3) is 0 Å². The van der Waals surface area contributed by atoms with E-state index in [0.29, 0.717) is 17.6 Å². The molecule has 0 amide bonds. The van der Waals surface area contributed by atoms with Gasteiger partial charge in [0.05, 0.1) is 28.0 Å². The summed E-state index contributed by atoms with van der Waals surface area (Å²) in [5.74, 6) is 0.170. The SMILES string of the molecule is CCC(C)(C(=O)c1ccc(Cl)s1)N1CCOCC1. The summed E-state index contributed by atoms with van der Waals surface area (Å²) in [4.78, 5) is 15.7. The average molecular weight is 288 g/mol. The molecule has 100 valence electrons. The second-order valence-corrected chi connectivity index (χ2v) is 6.37. The third kappa shape index (κ3) is 2.62. The van der Waals surface area contributed by atoms with Gasteiger partial charge in [-0.1, -0.05) is 18.5 Å². The lowest BCUT2D eigenvalue weighted by molar-refractivity contribution is -0.0104. The number of hydrogen-bond donors (Lipinski definition) is 0. The van der Waals surface area contributed by atoms with Crippen LogP contribution < -0.4 is 0 Å². The summed E-state index contributed by atoms with van der Waals surface area (Å²) in [5, 5.41) is 0. The first-order chi connectivity index (χ1) is 8.58. The number of Topliss-reactive ketones (excluding diaryl/α,β-unsaturated/α-hetero) is 1. The van der Waals surface area contributed by atoms with E-state index >= 15 is 0 Å². The van der Waals surface area contributed by atoms with Gasteiger partial charge in [0, 0.05) is 13.1 Å². The smallest absolute Gasteiger partial charge is 0.192 e. The number of rotatable bonds is 4. The largest absolute Gasteiger partial charge is 0.379 e. The molecule has 0 radical (unpaired) electrons. The highest BCUT2D eigenvalue weighted by molar-refractivity contribution is 7.18. The van der Waals surface area contributed by atoms with Crippen LogP contribution in [-0.4, -0.2) is 42.5 Å². The Labute approximate surface area is 117 Å². The summed E-state index contributed by atoms with van der Waals surface area (Å²) in [6.45, 7) is 7.11. The van der Waals surface area contributed by atoms with Crippen molar-refractivity contribution in [1.82, 2.24) is 4.90 Å². The number of ether oxygens (including phenoxy) is 1. The molecule has 5 heteroatoms. The zero-order valence-corrected chi connectivity index (χ0v) is 12.3. The molecule has 1 aliphatic rings. The second kappa shape index (κ2) is 5.70. The lowest BCUT2D eigenvalue weighted by Crippen LogP contribution is -2.55. The van der Waals surface area contributed by atoms with Gasteiger partial charge in [-0.2, -0.15) is 0 Å². The summed E-state index contributed by atoms with van der Waals surface area (Å²) < 4.78 is 6.02. The Morgan fingerprint density at radius 3 is 2.67 bits per heavy atom. The van der Waals surface area contributed by atoms with E-state index in [2.05, 4.69) is 11.8 Å². The number of thiophene rings is 1. The Bertz CT molecular complexity index is 428. The maximum absolute atomic E-state index is 12.7. The van der Waals surface area contributed by atoms with E-state index in [0.717, 1.165) is 24.4 Å². The molecule has 1 saturated heterocycles. The zero-order valence-electron chi connectivity index (χ0n) is 10.7. The molecule has 2 heterocycles. The number of ketones is 1. The van der Waals surface area contributed by atoms with Crippen molar-refractivity contribution in [2.45, 2.75) is 25.8 Å². The molecule has 1 aliphatic heterocycles. The van der Waals surface area contributed by atoms with E-state index in [-0.39, 0.29) is 5.78 Å². The first-order valence-electron chi connectivity index (χ1n) is 6.21. The Morgan fingerprint density at radius 1 is 1.50 bits per heavy atom. The van der Waals surface area contributed by atoms with Crippen LogP contribution in [0.15, 0.2) is 12.1 Å². The molecule has 1 aromatic heterocycles. The standard InChI is InChI=1S/C13H18ClNO2S/c1-3-13(2,15-6-8-17-9-7-15)12(16)10-4-5-11(14)18-10/h4-5H,3,6-9H2,1-2H3. The molecule has 1 unspecified atom stereocenters. The van der Waals surface area contributed by atoms with E-state index < -0.39 is 5.54 Å². The predicted molar refractivity (Wildman–Crippen MR) is 74.7 cm³/mol. The molecule has 1 atom stereocenters. The van der Waals surface area contributed by atoms with Crippen LogP contribution in [0.5, 0.6) is 0 Å². The molecule has 0 N–H and O–H groups in total. The van der Waals surface area contributed by atoms with E-state index in [4.69, 9.17) is 16.3 Å². The molecular weight excluding hydrogens is 270 g/mol. The van der Waals surface area contributed by atoms with Crippen molar-refractivity contribution in [2.75, 3.05) is 26.3 Å². The van der Waals surface area contributed by atoms with Crippen molar-refractivity contribution < 1.29 is 9.53 Å². The summed E-state index contributed by atoms with van der Waals surface area (Å²) in [6.07, 6.45) is 0.793. The molecule has 0 bridgehead atoms. The first-order valence-corrected chi connectivity index (χ1v) is 7.40. The van der Waals surface area contributed by atoms with Crippen LogP contribution in [0.25, 0.3) is 0 Å². The van der Waals surface area contributed by atoms with Gasteiger partial charge in [0.15, 0.2) is 5.78 Å². The van der Waals surface area contributed by atoms with Crippen molar-refractivity contribution >= 4 is 28.7 Å². The summed E-state index contributed by atoms with van der Waals surface area (Å²) >= 11 is 7.28. The van der Waals surface area contributed by atoms with Gasteiger partial charge in [-0.3, -0.25) is 9.69 Å². The molecule has 3 nitrogen and oxygen atoms in total. The molecule has 0 spiro atoms. The summed E-state index contributed by atoms with van der Waals surface area (Å²) in [5.41, 5.74) is -0.446.